The van der Waals surface area contributed by atoms with Crippen LogP contribution in [0.15, 0.2) is 16.6 Å². The van der Waals surface area contributed by atoms with Gasteiger partial charge in [0, 0.05) is 32.8 Å². The lowest BCUT2D eigenvalue weighted by Crippen LogP contribution is -2.36. The van der Waals surface area contributed by atoms with Crippen molar-refractivity contribution in [1.29, 1.82) is 0 Å². The Morgan fingerprint density at radius 2 is 2.38 bits per heavy atom. The number of benzene rings is 1. The van der Waals surface area contributed by atoms with E-state index in [0.717, 1.165) is 31.0 Å². The first kappa shape index (κ1) is 11.7. The molecule has 1 aromatic carbocycles. The van der Waals surface area contributed by atoms with E-state index in [4.69, 9.17) is 4.74 Å². The molecule has 0 bridgehead atoms. The molecular weight excluding hydrogens is 275 g/mol. The van der Waals surface area contributed by atoms with E-state index in [-0.39, 0.29) is 5.82 Å². The molecule has 0 aromatic heterocycles. The van der Waals surface area contributed by atoms with Crippen molar-refractivity contribution >= 4 is 27.3 Å². The van der Waals surface area contributed by atoms with Gasteiger partial charge in [-0.2, -0.15) is 0 Å². The van der Waals surface area contributed by atoms with Gasteiger partial charge in [-0.05, 0) is 22.0 Å². The van der Waals surface area contributed by atoms with Crippen molar-refractivity contribution < 1.29 is 9.13 Å². The highest BCUT2D eigenvalue weighted by Gasteiger charge is 2.18. The third kappa shape index (κ3) is 2.30. The van der Waals surface area contributed by atoms with Crippen LogP contribution >= 0.6 is 15.9 Å². The van der Waals surface area contributed by atoms with Gasteiger partial charge in [0.25, 0.3) is 0 Å². The second-order valence-electron chi connectivity index (χ2n) is 3.69. The zero-order chi connectivity index (χ0) is 11.5. The molecule has 16 heavy (non-hydrogen) atoms. The Labute approximate surface area is 103 Å². The number of ether oxygens (including phenoxy) is 1. The number of fused-ring (bicyclic) bond motifs is 1. The van der Waals surface area contributed by atoms with Crippen molar-refractivity contribution in [2.24, 2.45) is 0 Å². The van der Waals surface area contributed by atoms with Gasteiger partial charge >= 0.3 is 0 Å². The molecule has 0 spiro atoms. The van der Waals surface area contributed by atoms with Gasteiger partial charge in [0.05, 0.1) is 22.5 Å². The van der Waals surface area contributed by atoms with Crippen LogP contribution in [0.4, 0.5) is 15.8 Å². The van der Waals surface area contributed by atoms with Crippen LogP contribution in [0.2, 0.25) is 0 Å². The molecule has 0 saturated carbocycles. The molecule has 3 nitrogen and oxygen atoms in total. The van der Waals surface area contributed by atoms with E-state index < -0.39 is 0 Å². The van der Waals surface area contributed by atoms with Crippen molar-refractivity contribution in [2.45, 2.75) is 0 Å². The fourth-order valence-electron chi connectivity index (χ4n) is 1.82. The minimum absolute atomic E-state index is 0.236. The normalized spacial score (nSPS) is 14.6. The van der Waals surface area contributed by atoms with Crippen LogP contribution in [0.1, 0.15) is 0 Å². The lowest BCUT2D eigenvalue weighted by atomic mass is 10.2. The van der Waals surface area contributed by atoms with Crippen LogP contribution < -0.4 is 10.2 Å². The first-order valence-corrected chi connectivity index (χ1v) is 5.98. The number of anilines is 2. The summed E-state index contributed by atoms with van der Waals surface area (Å²) in [5.74, 6) is -0.236. The molecule has 1 aliphatic rings. The van der Waals surface area contributed by atoms with Gasteiger partial charge in [-0.25, -0.2) is 4.39 Å². The molecule has 1 N–H and O–H groups in total. The maximum absolute atomic E-state index is 13.4. The van der Waals surface area contributed by atoms with Crippen molar-refractivity contribution in [1.82, 2.24) is 0 Å². The van der Waals surface area contributed by atoms with Crippen molar-refractivity contribution in [3.05, 3.63) is 22.4 Å². The Hall–Kier alpha value is -0.810. The molecule has 0 atom stereocenters. The van der Waals surface area contributed by atoms with Crippen LogP contribution in [0.3, 0.4) is 0 Å². The third-order valence-electron chi connectivity index (χ3n) is 2.64. The van der Waals surface area contributed by atoms with E-state index >= 15 is 0 Å². The second-order valence-corrected chi connectivity index (χ2v) is 4.54. The number of halogens is 2. The average Bonchev–Trinajstić information content (AvgIpc) is 2.28. The summed E-state index contributed by atoms with van der Waals surface area (Å²) in [5, 5.41) is 3.19. The molecule has 0 radical (unpaired) electrons. The van der Waals surface area contributed by atoms with Gasteiger partial charge in [0.2, 0.25) is 0 Å². The van der Waals surface area contributed by atoms with Crippen LogP contribution in [0, 0.1) is 5.82 Å². The van der Waals surface area contributed by atoms with Crippen molar-refractivity contribution in [2.75, 3.05) is 43.6 Å². The van der Waals surface area contributed by atoms with Gasteiger partial charge in [0.1, 0.15) is 5.82 Å². The molecular formula is C11H14BrFN2O. The second kappa shape index (κ2) is 5.01. The number of hydrogen-bond acceptors (Lipinski definition) is 3. The molecule has 5 heteroatoms. The van der Waals surface area contributed by atoms with Gasteiger partial charge in [0.15, 0.2) is 0 Å². The summed E-state index contributed by atoms with van der Waals surface area (Å²) in [7, 11) is 1.68. The summed E-state index contributed by atoms with van der Waals surface area (Å²) in [6.45, 7) is 3.24. The number of nitrogens with one attached hydrogen (secondary N) is 1. The first-order valence-electron chi connectivity index (χ1n) is 5.19. The Balaban J connectivity index is 2.27. The van der Waals surface area contributed by atoms with Crippen LogP contribution in [-0.2, 0) is 4.74 Å². The summed E-state index contributed by atoms with van der Waals surface area (Å²) < 4.78 is 18.9. The fraction of sp³-hybridized carbons (Fsp3) is 0.455. The highest BCUT2D eigenvalue weighted by Crippen LogP contribution is 2.33. The molecule has 0 amide bonds. The van der Waals surface area contributed by atoms with E-state index in [9.17, 15) is 4.39 Å². The minimum Gasteiger partial charge on any atom is -0.383 e. The number of hydrogen-bond donors (Lipinski definition) is 1. The summed E-state index contributed by atoms with van der Waals surface area (Å²) in [4.78, 5) is 2.19. The number of methoxy groups -OCH3 is 1. The summed E-state index contributed by atoms with van der Waals surface area (Å²) >= 11 is 3.21. The molecule has 0 unspecified atom stereocenters. The summed E-state index contributed by atoms with van der Waals surface area (Å²) in [6, 6.07) is 3.34. The van der Waals surface area contributed by atoms with Gasteiger partial charge in [-0.3, -0.25) is 0 Å². The third-order valence-corrected chi connectivity index (χ3v) is 3.25. The molecule has 1 heterocycles. The van der Waals surface area contributed by atoms with Crippen molar-refractivity contribution in [3.63, 3.8) is 0 Å². The van der Waals surface area contributed by atoms with E-state index in [1.807, 2.05) is 6.07 Å². The average molecular weight is 289 g/mol. The zero-order valence-electron chi connectivity index (χ0n) is 9.09. The van der Waals surface area contributed by atoms with Gasteiger partial charge < -0.3 is 15.0 Å². The Morgan fingerprint density at radius 3 is 3.12 bits per heavy atom. The molecule has 1 aromatic rings. The molecule has 88 valence electrons. The van der Waals surface area contributed by atoms with Crippen LogP contribution in [0.25, 0.3) is 0 Å². The monoisotopic (exact) mass is 288 g/mol. The zero-order valence-corrected chi connectivity index (χ0v) is 10.7. The largest absolute Gasteiger partial charge is 0.383 e. The smallest absolute Gasteiger partial charge is 0.139 e. The fourth-order valence-corrected chi connectivity index (χ4v) is 2.15. The topological polar surface area (TPSA) is 24.5 Å². The number of nitrogens with zero attached hydrogens (tertiary/aromatic N) is 1. The van der Waals surface area contributed by atoms with Crippen LogP contribution in [-0.4, -0.2) is 33.4 Å². The van der Waals surface area contributed by atoms with Crippen LogP contribution in [0.5, 0.6) is 0 Å². The van der Waals surface area contributed by atoms with E-state index in [1.165, 1.54) is 6.07 Å². The Morgan fingerprint density at radius 1 is 1.56 bits per heavy atom. The number of rotatable bonds is 3. The highest BCUT2D eigenvalue weighted by molar-refractivity contribution is 9.10. The van der Waals surface area contributed by atoms with Gasteiger partial charge in [-0.15, -0.1) is 0 Å². The minimum atomic E-state index is -0.236. The molecule has 2 rings (SSSR count). The Kier molecular flexibility index (Phi) is 3.66. The van der Waals surface area contributed by atoms with Crippen molar-refractivity contribution in [3.8, 4) is 0 Å². The first-order chi connectivity index (χ1) is 7.72. The summed E-state index contributed by atoms with van der Waals surface area (Å²) in [6.07, 6.45) is 0. The van der Waals surface area contributed by atoms with E-state index in [1.54, 1.807) is 7.11 Å². The maximum atomic E-state index is 13.4. The molecule has 0 saturated heterocycles. The predicted molar refractivity (Wildman–Crippen MR) is 66.7 cm³/mol. The highest BCUT2D eigenvalue weighted by atomic mass is 79.9. The lowest BCUT2D eigenvalue weighted by molar-refractivity contribution is 0.205. The SMILES string of the molecule is COCCN1CCNc2cc(F)c(Br)cc21. The molecule has 0 fully saturated rings. The molecule has 0 aliphatic carbocycles. The predicted octanol–water partition coefficient (Wildman–Crippen LogP) is 2.47. The lowest BCUT2D eigenvalue weighted by Gasteiger charge is -2.32. The quantitative estimate of drug-likeness (QED) is 0.925. The summed E-state index contributed by atoms with van der Waals surface area (Å²) in [5.41, 5.74) is 1.87. The van der Waals surface area contributed by atoms with E-state index in [2.05, 4.69) is 26.1 Å². The Bertz CT molecular complexity index is 386. The maximum Gasteiger partial charge on any atom is 0.139 e. The standard InChI is InChI=1S/C11H14BrFN2O/c1-16-5-4-15-3-2-14-10-7-9(13)8(12)6-11(10)15/h6-7,14H,2-5H2,1H3. The van der Waals surface area contributed by atoms with Gasteiger partial charge in [-0.1, -0.05) is 0 Å². The van der Waals surface area contributed by atoms with E-state index in [0.29, 0.717) is 11.1 Å². The molecule has 1 aliphatic heterocycles.